The molecule has 4 N–H and O–H groups in total. The number of aliphatic hydroxyl groups excluding tert-OH is 1. The van der Waals surface area contributed by atoms with Gasteiger partial charge in [-0.15, -0.1) is 0 Å². The van der Waals surface area contributed by atoms with Crippen LogP contribution in [0.1, 0.15) is 17.3 Å². The zero-order valence-electron chi connectivity index (χ0n) is 10.8. The summed E-state index contributed by atoms with van der Waals surface area (Å²) in [5.74, 6) is -0.588. The van der Waals surface area contributed by atoms with Gasteiger partial charge in [0.15, 0.2) is 5.69 Å². The van der Waals surface area contributed by atoms with Gasteiger partial charge in [0.25, 0.3) is 0 Å². The van der Waals surface area contributed by atoms with Crippen LogP contribution in [0.5, 0.6) is 0 Å². The van der Waals surface area contributed by atoms with E-state index in [1.165, 1.54) is 0 Å². The average Bonchev–Trinajstić information content (AvgIpc) is 2.44. The highest BCUT2D eigenvalue weighted by Crippen LogP contribution is 2.30. The number of alkyl halides is 3. The third-order valence-electron chi connectivity index (χ3n) is 2.74. The first-order valence-electron chi connectivity index (χ1n) is 6.04. The van der Waals surface area contributed by atoms with E-state index in [4.69, 9.17) is 5.73 Å². The Hall–Kier alpha value is -2.35. The molecular formula is C13H13F3N4O. The quantitative estimate of drug-likeness (QED) is 0.806. The molecule has 0 bridgehead atoms. The molecule has 1 unspecified atom stereocenters. The van der Waals surface area contributed by atoms with Gasteiger partial charge in [0.1, 0.15) is 5.82 Å². The number of rotatable bonds is 4. The highest BCUT2D eigenvalue weighted by molar-refractivity contribution is 5.43. The van der Waals surface area contributed by atoms with E-state index in [2.05, 4.69) is 15.3 Å². The molecule has 0 radical (unpaired) electrons. The highest BCUT2D eigenvalue weighted by atomic mass is 19.4. The summed E-state index contributed by atoms with van der Waals surface area (Å²) in [7, 11) is 0. The van der Waals surface area contributed by atoms with Gasteiger partial charge in [-0.25, -0.2) is 4.98 Å². The molecule has 1 atom stereocenters. The number of nitrogens with two attached hydrogens (primary N) is 1. The fourth-order valence-corrected chi connectivity index (χ4v) is 1.78. The van der Waals surface area contributed by atoms with E-state index in [0.717, 1.165) is 6.07 Å². The number of aliphatic hydroxyl groups is 1. The smallest absolute Gasteiger partial charge is 0.394 e. The zero-order valence-corrected chi connectivity index (χ0v) is 10.8. The number of hydrogen-bond acceptors (Lipinski definition) is 5. The lowest BCUT2D eigenvalue weighted by Gasteiger charge is -2.18. The zero-order chi connectivity index (χ0) is 15.5. The van der Waals surface area contributed by atoms with Gasteiger partial charge < -0.3 is 16.2 Å². The number of nitrogens with one attached hydrogen (secondary N) is 1. The van der Waals surface area contributed by atoms with Crippen molar-refractivity contribution in [3.8, 4) is 0 Å². The molecule has 0 amide bonds. The number of nitrogen functional groups attached to an aromatic ring is 1. The van der Waals surface area contributed by atoms with Crippen molar-refractivity contribution in [1.29, 1.82) is 0 Å². The minimum absolute atomic E-state index is 0.0993. The summed E-state index contributed by atoms with van der Waals surface area (Å²) < 4.78 is 38.0. The van der Waals surface area contributed by atoms with Crippen molar-refractivity contribution in [2.24, 2.45) is 0 Å². The molecule has 0 spiro atoms. The van der Waals surface area contributed by atoms with Gasteiger partial charge in [-0.1, -0.05) is 30.3 Å². The maximum atomic E-state index is 12.7. The Morgan fingerprint density at radius 3 is 2.43 bits per heavy atom. The molecule has 0 saturated heterocycles. The Morgan fingerprint density at radius 1 is 1.19 bits per heavy atom. The minimum atomic E-state index is -4.62. The first-order valence-corrected chi connectivity index (χ1v) is 6.04. The van der Waals surface area contributed by atoms with Crippen molar-refractivity contribution in [1.82, 2.24) is 9.97 Å². The predicted molar refractivity (Wildman–Crippen MR) is 71.3 cm³/mol. The summed E-state index contributed by atoms with van der Waals surface area (Å²) in [6.45, 7) is -0.310. The summed E-state index contributed by atoms with van der Waals surface area (Å²) in [6.07, 6.45) is -4.62. The Labute approximate surface area is 118 Å². The summed E-state index contributed by atoms with van der Waals surface area (Å²) in [5.41, 5.74) is 4.86. The van der Waals surface area contributed by atoms with Gasteiger partial charge in [-0.05, 0) is 5.56 Å². The highest BCUT2D eigenvalue weighted by Gasteiger charge is 2.33. The van der Waals surface area contributed by atoms with Crippen LogP contribution in [0.15, 0.2) is 36.4 Å². The van der Waals surface area contributed by atoms with Crippen LogP contribution in [0.4, 0.5) is 24.9 Å². The van der Waals surface area contributed by atoms with E-state index in [1.54, 1.807) is 30.3 Å². The van der Waals surface area contributed by atoms with Crippen molar-refractivity contribution in [3.63, 3.8) is 0 Å². The van der Waals surface area contributed by atoms with Crippen LogP contribution < -0.4 is 11.1 Å². The van der Waals surface area contributed by atoms with E-state index in [1.807, 2.05) is 0 Å². The Morgan fingerprint density at radius 2 is 1.86 bits per heavy atom. The molecule has 2 aromatic rings. The van der Waals surface area contributed by atoms with Crippen molar-refractivity contribution >= 4 is 11.8 Å². The van der Waals surface area contributed by atoms with Crippen LogP contribution in [-0.4, -0.2) is 21.7 Å². The van der Waals surface area contributed by atoms with E-state index < -0.39 is 23.9 Å². The fourth-order valence-electron chi connectivity index (χ4n) is 1.78. The molecule has 5 nitrogen and oxygen atoms in total. The average molecular weight is 298 g/mol. The van der Waals surface area contributed by atoms with Crippen molar-refractivity contribution in [2.75, 3.05) is 17.7 Å². The Bertz CT molecular complexity index is 604. The lowest BCUT2D eigenvalue weighted by Crippen LogP contribution is -2.18. The predicted octanol–water partition coefficient (Wildman–Crippen LogP) is 2.22. The van der Waals surface area contributed by atoms with Crippen LogP contribution >= 0.6 is 0 Å². The van der Waals surface area contributed by atoms with Crippen LogP contribution in [0.2, 0.25) is 0 Å². The SMILES string of the molecule is Nc1nc(NC(CO)c2ccccc2)cc(C(F)(F)F)n1. The van der Waals surface area contributed by atoms with Crippen molar-refractivity contribution in [3.05, 3.63) is 47.7 Å². The molecule has 0 saturated carbocycles. The fraction of sp³-hybridized carbons (Fsp3) is 0.231. The van der Waals surface area contributed by atoms with Crippen molar-refractivity contribution < 1.29 is 18.3 Å². The second-order valence-corrected chi connectivity index (χ2v) is 4.28. The molecular weight excluding hydrogens is 285 g/mol. The minimum Gasteiger partial charge on any atom is -0.394 e. The number of benzene rings is 1. The molecule has 112 valence electrons. The van der Waals surface area contributed by atoms with Gasteiger partial charge in [0.2, 0.25) is 5.95 Å². The van der Waals surface area contributed by atoms with Crippen molar-refractivity contribution in [2.45, 2.75) is 12.2 Å². The maximum Gasteiger partial charge on any atom is 0.433 e. The normalized spacial score (nSPS) is 13.0. The molecule has 0 aliphatic carbocycles. The third kappa shape index (κ3) is 3.82. The van der Waals surface area contributed by atoms with E-state index in [-0.39, 0.29) is 12.4 Å². The standard InChI is InChI=1S/C13H13F3N4O/c14-13(15,16)10-6-11(20-12(17)19-10)18-9(7-21)8-4-2-1-3-5-8/h1-6,9,21H,7H2,(H3,17,18,19,20). The van der Waals surface area contributed by atoms with Gasteiger partial charge in [0, 0.05) is 6.07 Å². The number of nitrogens with zero attached hydrogens (tertiary/aromatic N) is 2. The van der Waals surface area contributed by atoms with E-state index in [0.29, 0.717) is 5.56 Å². The molecule has 1 aromatic heterocycles. The molecule has 0 fully saturated rings. The number of aromatic nitrogens is 2. The van der Waals surface area contributed by atoms with Crippen LogP contribution in [0.25, 0.3) is 0 Å². The summed E-state index contributed by atoms with van der Waals surface area (Å²) in [4.78, 5) is 6.86. The van der Waals surface area contributed by atoms with Gasteiger partial charge in [-0.2, -0.15) is 18.2 Å². The van der Waals surface area contributed by atoms with Gasteiger partial charge >= 0.3 is 6.18 Å². The number of hydrogen-bond donors (Lipinski definition) is 3. The van der Waals surface area contributed by atoms with Crippen LogP contribution in [0, 0.1) is 0 Å². The van der Waals surface area contributed by atoms with E-state index in [9.17, 15) is 18.3 Å². The third-order valence-corrected chi connectivity index (χ3v) is 2.74. The number of halogens is 3. The van der Waals surface area contributed by atoms with Gasteiger partial charge in [-0.3, -0.25) is 0 Å². The molecule has 0 aliphatic heterocycles. The number of anilines is 2. The lowest BCUT2D eigenvalue weighted by atomic mass is 10.1. The Balaban J connectivity index is 2.28. The second-order valence-electron chi connectivity index (χ2n) is 4.28. The first kappa shape index (κ1) is 15.0. The molecule has 1 heterocycles. The monoisotopic (exact) mass is 298 g/mol. The molecule has 21 heavy (non-hydrogen) atoms. The topological polar surface area (TPSA) is 84.1 Å². The largest absolute Gasteiger partial charge is 0.433 e. The molecule has 1 aromatic carbocycles. The molecule has 8 heteroatoms. The molecule has 0 aliphatic rings. The summed E-state index contributed by atoms with van der Waals surface area (Å²) >= 11 is 0. The summed E-state index contributed by atoms with van der Waals surface area (Å²) in [6, 6.07) is 8.95. The van der Waals surface area contributed by atoms with E-state index >= 15 is 0 Å². The Kier molecular flexibility index (Phi) is 4.27. The summed E-state index contributed by atoms with van der Waals surface area (Å²) in [5, 5.41) is 12.1. The van der Waals surface area contributed by atoms with Crippen LogP contribution in [-0.2, 0) is 6.18 Å². The molecule has 2 rings (SSSR count). The first-order chi connectivity index (χ1) is 9.90. The maximum absolute atomic E-state index is 12.7. The van der Waals surface area contributed by atoms with Gasteiger partial charge in [0.05, 0.1) is 12.6 Å². The second kappa shape index (κ2) is 5.96. The van der Waals surface area contributed by atoms with Crippen LogP contribution in [0.3, 0.4) is 0 Å². The lowest BCUT2D eigenvalue weighted by molar-refractivity contribution is -0.141.